The highest BCUT2D eigenvalue weighted by Crippen LogP contribution is 2.40. The van der Waals surface area contributed by atoms with Crippen molar-refractivity contribution in [1.82, 2.24) is 20.1 Å². The van der Waals surface area contributed by atoms with Gasteiger partial charge in [-0.05, 0) is 49.9 Å². The molecule has 0 bridgehead atoms. The van der Waals surface area contributed by atoms with E-state index in [1.165, 1.54) is 6.42 Å². The molecular formula is C29H37N5O3. The van der Waals surface area contributed by atoms with Gasteiger partial charge in [-0.25, -0.2) is 0 Å². The van der Waals surface area contributed by atoms with E-state index in [1.807, 2.05) is 53.4 Å². The van der Waals surface area contributed by atoms with E-state index in [2.05, 4.69) is 15.2 Å². The first kappa shape index (κ1) is 25.2. The first-order valence-electron chi connectivity index (χ1n) is 13.6. The molecule has 196 valence electrons. The van der Waals surface area contributed by atoms with Crippen molar-refractivity contribution in [1.29, 1.82) is 0 Å². The van der Waals surface area contributed by atoms with Gasteiger partial charge in [-0.3, -0.25) is 19.4 Å². The van der Waals surface area contributed by atoms with Crippen LogP contribution in [0.4, 0.5) is 5.69 Å². The van der Waals surface area contributed by atoms with E-state index >= 15 is 0 Å². The predicted octanol–water partition coefficient (Wildman–Crippen LogP) is 2.99. The lowest BCUT2D eigenvalue weighted by atomic mass is 9.83. The molecule has 1 aromatic heterocycles. The van der Waals surface area contributed by atoms with Crippen molar-refractivity contribution in [3.05, 3.63) is 60.4 Å². The maximum absolute atomic E-state index is 13.9. The van der Waals surface area contributed by atoms with Crippen LogP contribution in [0.15, 0.2) is 54.7 Å². The number of para-hydroxylation sites is 1. The number of benzene rings is 1. The fraction of sp³-hybridized carbons (Fsp3) is 0.517. The van der Waals surface area contributed by atoms with Crippen LogP contribution in [0.2, 0.25) is 0 Å². The first-order chi connectivity index (χ1) is 18.1. The van der Waals surface area contributed by atoms with Crippen LogP contribution in [-0.2, 0) is 20.8 Å². The van der Waals surface area contributed by atoms with Crippen LogP contribution >= 0.6 is 0 Å². The smallest absolute Gasteiger partial charge is 0.250 e. The van der Waals surface area contributed by atoms with Crippen LogP contribution in [0, 0.1) is 5.92 Å². The largest absolute Gasteiger partial charge is 0.354 e. The summed E-state index contributed by atoms with van der Waals surface area (Å²) in [7, 11) is 0. The first-order valence-corrected chi connectivity index (χ1v) is 13.6. The molecule has 8 nitrogen and oxygen atoms in total. The zero-order valence-corrected chi connectivity index (χ0v) is 21.5. The maximum atomic E-state index is 13.9. The second-order valence-electron chi connectivity index (χ2n) is 10.5. The number of hydrogen-bond acceptors (Lipinski definition) is 5. The summed E-state index contributed by atoms with van der Waals surface area (Å²) in [6.07, 6.45) is 9.00. The topological polar surface area (TPSA) is 85.9 Å². The van der Waals surface area contributed by atoms with Gasteiger partial charge in [-0.2, -0.15) is 0 Å². The Morgan fingerprint density at radius 1 is 0.973 bits per heavy atom. The van der Waals surface area contributed by atoms with E-state index in [9.17, 15) is 14.4 Å². The summed E-state index contributed by atoms with van der Waals surface area (Å²) in [5.74, 6) is 0.217. The van der Waals surface area contributed by atoms with Crippen LogP contribution in [0.5, 0.6) is 0 Å². The number of carbonyl (C=O) groups is 3. The Morgan fingerprint density at radius 2 is 1.70 bits per heavy atom. The number of likely N-dealkylation sites (tertiary alicyclic amines) is 1. The number of hydrogen-bond donors (Lipinski definition) is 1. The van der Waals surface area contributed by atoms with Crippen molar-refractivity contribution in [3.8, 4) is 0 Å². The van der Waals surface area contributed by atoms with E-state index in [4.69, 9.17) is 0 Å². The van der Waals surface area contributed by atoms with Gasteiger partial charge in [0.25, 0.3) is 5.91 Å². The minimum Gasteiger partial charge on any atom is -0.354 e. The molecule has 1 saturated carbocycles. The standard InChI is InChI=1S/C29H37N5O3/c35-26(31-18-14-24-11-7-8-17-30-24)21-33-22-34(25-12-5-2-6-13-25)29(28(33)37)15-19-32(20-16-29)27(36)23-9-3-1-4-10-23/h2,5-8,11-13,17,23H,1,3-4,9-10,14-16,18-22H2,(H,31,35). The van der Waals surface area contributed by atoms with Crippen LogP contribution in [0.25, 0.3) is 0 Å². The van der Waals surface area contributed by atoms with Crippen molar-refractivity contribution in [2.24, 2.45) is 5.92 Å². The fourth-order valence-electron chi connectivity index (χ4n) is 6.13. The molecule has 3 amide bonds. The van der Waals surface area contributed by atoms with Gasteiger partial charge < -0.3 is 20.0 Å². The van der Waals surface area contributed by atoms with Gasteiger partial charge in [0.1, 0.15) is 12.1 Å². The minimum atomic E-state index is -0.723. The monoisotopic (exact) mass is 503 g/mol. The highest BCUT2D eigenvalue weighted by molar-refractivity contribution is 5.96. The van der Waals surface area contributed by atoms with E-state index in [-0.39, 0.29) is 30.2 Å². The van der Waals surface area contributed by atoms with Crippen molar-refractivity contribution in [2.45, 2.75) is 56.9 Å². The van der Waals surface area contributed by atoms with Gasteiger partial charge in [-0.1, -0.05) is 43.5 Å². The van der Waals surface area contributed by atoms with Gasteiger partial charge in [0.15, 0.2) is 0 Å². The Kier molecular flexibility index (Phi) is 7.72. The number of nitrogens with one attached hydrogen (secondary N) is 1. The highest BCUT2D eigenvalue weighted by Gasteiger charge is 2.54. The molecule has 1 aromatic carbocycles. The van der Waals surface area contributed by atoms with Crippen molar-refractivity contribution >= 4 is 23.4 Å². The molecule has 2 saturated heterocycles. The normalized spacial score (nSPS) is 19.9. The lowest BCUT2D eigenvalue weighted by Crippen LogP contribution is -2.58. The molecule has 0 radical (unpaired) electrons. The Hall–Kier alpha value is -3.42. The predicted molar refractivity (Wildman–Crippen MR) is 142 cm³/mol. The number of piperidine rings is 1. The molecular weight excluding hydrogens is 466 g/mol. The molecule has 0 unspecified atom stereocenters. The molecule has 3 fully saturated rings. The molecule has 1 spiro atoms. The Bertz CT molecular complexity index is 1080. The number of amides is 3. The molecule has 3 aliphatic rings. The van der Waals surface area contributed by atoms with Gasteiger partial charge in [0, 0.05) is 49.6 Å². The van der Waals surface area contributed by atoms with Crippen molar-refractivity contribution in [2.75, 3.05) is 37.7 Å². The van der Waals surface area contributed by atoms with Gasteiger partial charge >= 0.3 is 0 Å². The summed E-state index contributed by atoms with van der Waals surface area (Å²) in [5, 5.41) is 2.94. The number of rotatable bonds is 7. The molecule has 1 aliphatic carbocycles. The maximum Gasteiger partial charge on any atom is 0.250 e. The second kappa shape index (κ2) is 11.3. The van der Waals surface area contributed by atoms with Gasteiger partial charge in [0.05, 0.1) is 6.67 Å². The highest BCUT2D eigenvalue weighted by atomic mass is 16.2. The average molecular weight is 504 g/mol. The van der Waals surface area contributed by atoms with E-state index in [0.29, 0.717) is 45.6 Å². The molecule has 37 heavy (non-hydrogen) atoms. The molecule has 5 rings (SSSR count). The third kappa shape index (κ3) is 5.48. The number of anilines is 1. The number of nitrogens with zero attached hydrogens (tertiary/aromatic N) is 4. The summed E-state index contributed by atoms with van der Waals surface area (Å²) in [4.78, 5) is 49.9. The van der Waals surface area contributed by atoms with Crippen LogP contribution in [0.1, 0.15) is 50.6 Å². The number of aromatic nitrogens is 1. The zero-order valence-electron chi connectivity index (χ0n) is 21.5. The zero-order chi connectivity index (χ0) is 25.7. The molecule has 3 heterocycles. The van der Waals surface area contributed by atoms with Gasteiger partial charge in [0.2, 0.25) is 11.8 Å². The molecule has 1 N–H and O–H groups in total. The third-order valence-corrected chi connectivity index (χ3v) is 8.20. The van der Waals surface area contributed by atoms with Crippen LogP contribution < -0.4 is 10.2 Å². The molecule has 2 aliphatic heterocycles. The van der Waals surface area contributed by atoms with Crippen LogP contribution in [-0.4, -0.2) is 70.9 Å². The van der Waals surface area contributed by atoms with E-state index < -0.39 is 5.54 Å². The molecule has 8 heteroatoms. The lowest BCUT2D eigenvalue weighted by molar-refractivity contribution is -0.142. The van der Waals surface area contributed by atoms with Crippen molar-refractivity contribution < 1.29 is 14.4 Å². The lowest BCUT2D eigenvalue weighted by Gasteiger charge is -2.44. The Morgan fingerprint density at radius 3 is 2.41 bits per heavy atom. The summed E-state index contributed by atoms with van der Waals surface area (Å²) in [6, 6.07) is 15.7. The van der Waals surface area contributed by atoms with E-state index in [0.717, 1.165) is 37.1 Å². The summed E-state index contributed by atoms with van der Waals surface area (Å²) in [5.41, 5.74) is 1.17. The minimum absolute atomic E-state index is 0.0130. The summed E-state index contributed by atoms with van der Waals surface area (Å²) < 4.78 is 0. The number of carbonyl (C=O) groups excluding carboxylic acids is 3. The quantitative estimate of drug-likeness (QED) is 0.628. The van der Waals surface area contributed by atoms with Crippen LogP contribution in [0.3, 0.4) is 0 Å². The van der Waals surface area contributed by atoms with Crippen molar-refractivity contribution in [3.63, 3.8) is 0 Å². The second-order valence-corrected chi connectivity index (χ2v) is 10.5. The molecule has 0 atom stereocenters. The SMILES string of the molecule is O=C(CN1CN(c2ccccc2)C2(CCN(C(=O)C3CCCCC3)CC2)C1=O)NCCc1ccccn1. The molecule has 2 aromatic rings. The number of pyridine rings is 1. The Balaban J connectivity index is 1.24. The third-order valence-electron chi connectivity index (χ3n) is 8.20. The fourth-order valence-corrected chi connectivity index (χ4v) is 6.13. The van der Waals surface area contributed by atoms with E-state index in [1.54, 1.807) is 11.1 Å². The summed E-state index contributed by atoms with van der Waals surface area (Å²) in [6.45, 7) is 2.02. The van der Waals surface area contributed by atoms with Gasteiger partial charge in [-0.15, -0.1) is 0 Å². The Labute approximate surface area is 219 Å². The summed E-state index contributed by atoms with van der Waals surface area (Å²) >= 11 is 0. The average Bonchev–Trinajstić information content (AvgIpc) is 3.20.